The first kappa shape index (κ1) is 20.0. The minimum Gasteiger partial charge on any atom is -0.353 e. The number of carbonyl (C=O) groups excluding carboxylic acids is 1. The van der Waals surface area contributed by atoms with Gasteiger partial charge in [0.1, 0.15) is 0 Å². The monoisotopic (exact) mass is 351 g/mol. The van der Waals surface area contributed by atoms with Crippen molar-refractivity contribution in [3.8, 4) is 0 Å². The Morgan fingerprint density at radius 1 is 1.05 bits per heavy atom. The molecule has 2 bridgehead atoms. The first-order valence-electron chi connectivity index (χ1n) is 8.28. The molecule has 0 aromatic carbocycles. The summed E-state index contributed by atoms with van der Waals surface area (Å²) in [5.41, 5.74) is 6.28. The van der Waals surface area contributed by atoms with E-state index in [1.807, 2.05) is 0 Å². The number of hydrogen-bond acceptors (Lipinski definition) is 3. The van der Waals surface area contributed by atoms with Crippen LogP contribution in [0.25, 0.3) is 0 Å². The van der Waals surface area contributed by atoms with Gasteiger partial charge in [0, 0.05) is 18.1 Å². The Hall–Kier alpha value is -0.0300. The topological polar surface area (TPSA) is 58.4 Å². The molecule has 0 radical (unpaired) electrons. The zero-order valence-electron chi connectivity index (χ0n) is 13.7. The van der Waals surface area contributed by atoms with Crippen LogP contribution in [0.4, 0.5) is 0 Å². The van der Waals surface area contributed by atoms with Crippen LogP contribution in [0.2, 0.25) is 0 Å². The highest BCUT2D eigenvalue weighted by Crippen LogP contribution is 2.47. The maximum Gasteiger partial charge on any atom is 0.225 e. The molecule has 130 valence electrons. The summed E-state index contributed by atoms with van der Waals surface area (Å²) < 4.78 is 0. The fourth-order valence-corrected chi connectivity index (χ4v) is 4.79. The molecule has 3 fully saturated rings. The van der Waals surface area contributed by atoms with E-state index in [1.165, 1.54) is 32.1 Å². The van der Waals surface area contributed by atoms with Gasteiger partial charge in [0.25, 0.3) is 0 Å². The van der Waals surface area contributed by atoms with Gasteiger partial charge in [0.05, 0.1) is 5.92 Å². The third-order valence-electron chi connectivity index (χ3n) is 6.01. The van der Waals surface area contributed by atoms with Gasteiger partial charge in [-0.05, 0) is 70.9 Å². The minimum atomic E-state index is 0. The van der Waals surface area contributed by atoms with Crippen molar-refractivity contribution >= 4 is 30.7 Å². The average molecular weight is 352 g/mol. The Balaban J connectivity index is 0.00000121. The predicted molar refractivity (Wildman–Crippen MR) is 94.7 cm³/mol. The minimum absolute atomic E-state index is 0. The summed E-state index contributed by atoms with van der Waals surface area (Å²) in [6.45, 7) is 0. The zero-order chi connectivity index (χ0) is 14.3. The Bertz CT molecular complexity index is 378. The van der Waals surface area contributed by atoms with Crippen LogP contribution in [0.15, 0.2) is 0 Å². The van der Waals surface area contributed by atoms with E-state index in [0.29, 0.717) is 23.9 Å². The summed E-state index contributed by atoms with van der Waals surface area (Å²) in [7, 11) is 4.28. The van der Waals surface area contributed by atoms with Gasteiger partial charge in [0.2, 0.25) is 5.91 Å². The summed E-state index contributed by atoms with van der Waals surface area (Å²) in [5.74, 6) is 1.50. The molecule has 0 aromatic rings. The second-order valence-corrected chi connectivity index (χ2v) is 7.43. The molecule has 3 saturated carbocycles. The molecule has 6 heteroatoms. The number of nitrogens with zero attached hydrogens (tertiary/aromatic N) is 1. The first-order valence-corrected chi connectivity index (χ1v) is 8.28. The van der Waals surface area contributed by atoms with E-state index in [1.54, 1.807) is 0 Å². The van der Waals surface area contributed by atoms with Crippen LogP contribution in [0.5, 0.6) is 0 Å². The summed E-state index contributed by atoms with van der Waals surface area (Å²) in [6, 6.07) is 1.08. The summed E-state index contributed by atoms with van der Waals surface area (Å²) in [5, 5.41) is 3.32. The molecule has 3 aliphatic carbocycles. The van der Waals surface area contributed by atoms with Crippen LogP contribution in [-0.4, -0.2) is 43.0 Å². The molecule has 0 saturated heterocycles. The van der Waals surface area contributed by atoms with Gasteiger partial charge in [-0.3, -0.25) is 4.79 Å². The molecule has 6 atom stereocenters. The molecule has 0 heterocycles. The lowest BCUT2D eigenvalue weighted by Crippen LogP contribution is -2.50. The van der Waals surface area contributed by atoms with Crippen LogP contribution in [-0.2, 0) is 4.79 Å². The number of fused-ring (bicyclic) bond motifs is 2. The van der Waals surface area contributed by atoms with Crippen molar-refractivity contribution in [3.63, 3.8) is 0 Å². The van der Waals surface area contributed by atoms with Gasteiger partial charge < -0.3 is 16.0 Å². The third kappa shape index (κ3) is 3.89. The van der Waals surface area contributed by atoms with E-state index in [2.05, 4.69) is 24.3 Å². The van der Waals surface area contributed by atoms with Crippen LogP contribution in [0.3, 0.4) is 0 Å². The van der Waals surface area contributed by atoms with Gasteiger partial charge in [-0.1, -0.05) is 0 Å². The lowest BCUT2D eigenvalue weighted by atomic mass is 9.83. The number of halogens is 2. The molecule has 6 unspecified atom stereocenters. The zero-order valence-corrected chi connectivity index (χ0v) is 15.3. The molecular weight excluding hydrogens is 321 g/mol. The fourth-order valence-electron chi connectivity index (χ4n) is 4.79. The lowest BCUT2D eigenvalue weighted by molar-refractivity contribution is -0.128. The van der Waals surface area contributed by atoms with E-state index < -0.39 is 0 Å². The number of rotatable bonds is 3. The maximum atomic E-state index is 12.6. The first-order chi connectivity index (χ1) is 9.56. The van der Waals surface area contributed by atoms with E-state index >= 15 is 0 Å². The van der Waals surface area contributed by atoms with Crippen molar-refractivity contribution in [1.29, 1.82) is 0 Å². The maximum absolute atomic E-state index is 12.6. The van der Waals surface area contributed by atoms with Crippen LogP contribution in [0.1, 0.15) is 44.9 Å². The second kappa shape index (κ2) is 8.18. The van der Waals surface area contributed by atoms with Crippen LogP contribution >= 0.6 is 24.8 Å². The number of nitrogens with two attached hydrogens (primary N) is 1. The molecule has 1 amide bonds. The van der Waals surface area contributed by atoms with Crippen molar-refractivity contribution in [2.45, 2.75) is 63.1 Å². The number of nitrogens with one attached hydrogen (secondary N) is 1. The van der Waals surface area contributed by atoms with Gasteiger partial charge in [-0.15, -0.1) is 24.8 Å². The molecule has 0 spiro atoms. The standard InChI is InChI=1S/C16H29N3O.2ClH/c1-19(2)13-5-3-4-12(9-13)18-16(20)14-10-6-7-11(8-10)15(14)17;;/h10-15H,3-9,17H2,1-2H3,(H,18,20);2*1H. The highest BCUT2D eigenvalue weighted by atomic mass is 35.5. The highest BCUT2D eigenvalue weighted by Gasteiger charge is 2.49. The fraction of sp³-hybridized carbons (Fsp3) is 0.938. The van der Waals surface area contributed by atoms with E-state index in [9.17, 15) is 4.79 Å². The summed E-state index contributed by atoms with van der Waals surface area (Å²) in [4.78, 5) is 14.9. The Labute approximate surface area is 146 Å². The Morgan fingerprint density at radius 3 is 2.32 bits per heavy atom. The number of amides is 1. The highest BCUT2D eigenvalue weighted by molar-refractivity contribution is 5.85. The average Bonchev–Trinajstić information content (AvgIpc) is 2.99. The molecular formula is C16H31Cl2N3O. The number of hydrogen-bond donors (Lipinski definition) is 2. The van der Waals surface area contributed by atoms with Crippen molar-refractivity contribution in [1.82, 2.24) is 10.2 Å². The largest absolute Gasteiger partial charge is 0.353 e. The molecule has 22 heavy (non-hydrogen) atoms. The quantitative estimate of drug-likeness (QED) is 0.819. The van der Waals surface area contributed by atoms with Gasteiger partial charge in [-0.25, -0.2) is 0 Å². The van der Waals surface area contributed by atoms with Crippen LogP contribution in [0, 0.1) is 17.8 Å². The molecule has 0 aliphatic heterocycles. The normalized spacial score (nSPS) is 40.0. The van der Waals surface area contributed by atoms with Crippen molar-refractivity contribution in [2.75, 3.05) is 14.1 Å². The number of carbonyl (C=O) groups is 1. The van der Waals surface area contributed by atoms with Crippen molar-refractivity contribution in [3.05, 3.63) is 0 Å². The van der Waals surface area contributed by atoms with Gasteiger partial charge in [0.15, 0.2) is 0 Å². The summed E-state index contributed by atoms with van der Waals surface area (Å²) >= 11 is 0. The van der Waals surface area contributed by atoms with E-state index in [4.69, 9.17) is 5.73 Å². The smallest absolute Gasteiger partial charge is 0.225 e. The van der Waals surface area contributed by atoms with Crippen molar-refractivity contribution < 1.29 is 4.79 Å². The molecule has 0 aromatic heterocycles. The summed E-state index contributed by atoms with van der Waals surface area (Å²) in [6.07, 6.45) is 8.33. The lowest BCUT2D eigenvalue weighted by Gasteiger charge is -2.35. The van der Waals surface area contributed by atoms with E-state index in [0.717, 1.165) is 12.8 Å². The van der Waals surface area contributed by atoms with E-state index in [-0.39, 0.29) is 42.7 Å². The predicted octanol–water partition coefficient (Wildman–Crippen LogP) is 2.19. The van der Waals surface area contributed by atoms with Crippen molar-refractivity contribution in [2.24, 2.45) is 23.5 Å². The third-order valence-corrected chi connectivity index (χ3v) is 6.01. The SMILES string of the molecule is CN(C)C1CCCC(NC(=O)C2C3CCC(C3)C2N)C1.Cl.Cl. The van der Waals surface area contributed by atoms with Gasteiger partial charge >= 0.3 is 0 Å². The van der Waals surface area contributed by atoms with Crippen LogP contribution < -0.4 is 11.1 Å². The Kier molecular flexibility index (Phi) is 7.44. The molecule has 3 rings (SSSR count). The Morgan fingerprint density at radius 2 is 1.73 bits per heavy atom. The molecule has 3 aliphatic rings. The van der Waals surface area contributed by atoms with Gasteiger partial charge in [-0.2, -0.15) is 0 Å². The molecule has 4 nitrogen and oxygen atoms in total. The molecule has 3 N–H and O–H groups in total. The second-order valence-electron chi connectivity index (χ2n) is 7.43.